The van der Waals surface area contributed by atoms with E-state index < -0.39 is 6.04 Å². The monoisotopic (exact) mass is 338 g/mol. The van der Waals surface area contributed by atoms with Gasteiger partial charge in [-0.05, 0) is 40.8 Å². The normalized spacial score (nSPS) is 14.6. The number of fused-ring (bicyclic) bond motifs is 1. The van der Waals surface area contributed by atoms with E-state index in [0.29, 0.717) is 17.8 Å². The molecule has 0 fully saturated rings. The van der Waals surface area contributed by atoms with Crippen LogP contribution in [-0.2, 0) is 16.1 Å². The molecule has 2 N–H and O–H groups in total. The van der Waals surface area contributed by atoms with Gasteiger partial charge in [0.05, 0.1) is 7.11 Å². The van der Waals surface area contributed by atoms with E-state index in [0.717, 1.165) is 16.7 Å². The number of carbonyl (C=O) groups is 2. The molecule has 3 rings (SSSR count). The van der Waals surface area contributed by atoms with Gasteiger partial charge in [0.15, 0.2) is 0 Å². The highest BCUT2D eigenvalue weighted by molar-refractivity contribution is 6.01. The zero-order valence-electron chi connectivity index (χ0n) is 14.7. The molecule has 0 saturated heterocycles. The predicted octanol–water partition coefficient (Wildman–Crippen LogP) is 3.09. The molecule has 130 valence electrons. The molecule has 5 nitrogen and oxygen atoms in total. The van der Waals surface area contributed by atoms with Crippen molar-refractivity contribution in [2.45, 2.75) is 26.4 Å². The van der Waals surface area contributed by atoms with Crippen molar-refractivity contribution in [2.24, 2.45) is 5.92 Å². The van der Waals surface area contributed by atoms with Gasteiger partial charge in [-0.25, -0.2) is 4.79 Å². The first-order valence-electron chi connectivity index (χ1n) is 8.30. The van der Waals surface area contributed by atoms with Crippen LogP contribution < -0.4 is 5.73 Å². The molecule has 0 bridgehead atoms. The minimum atomic E-state index is -0.579. The lowest BCUT2D eigenvalue weighted by atomic mass is 10.0. The molecule has 0 aliphatic carbocycles. The summed E-state index contributed by atoms with van der Waals surface area (Å²) in [6.45, 7) is 4.25. The minimum absolute atomic E-state index is 0.0257. The summed E-state index contributed by atoms with van der Waals surface area (Å²) < 4.78 is 4.89. The summed E-state index contributed by atoms with van der Waals surface area (Å²) >= 11 is 0. The van der Waals surface area contributed by atoms with Crippen LogP contribution in [0.3, 0.4) is 0 Å². The van der Waals surface area contributed by atoms with E-state index in [1.165, 1.54) is 7.11 Å². The third-order valence-electron chi connectivity index (χ3n) is 4.60. The van der Waals surface area contributed by atoms with E-state index in [1.54, 1.807) is 4.90 Å². The van der Waals surface area contributed by atoms with Crippen LogP contribution in [0.15, 0.2) is 42.5 Å². The standard InChI is InChI=1S/C20H22N2O3/c1-12(2)18(20(24)25-3)22-11-15-5-4-14(10-17(15)19(22)23)13-6-8-16(21)9-7-13/h4-10,12,18H,11,21H2,1-3H3. The fraction of sp³-hybridized carbons (Fsp3) is 0.300. The van der Waals surface area contributed by atoms with Crippen LogP contribution in [0.5, 0.6) is 0 Å². The molecule has 25 heavy (non-hydrogen) atoms. The number of nitrogen functional groups attached to an aromatic ring is 1. The molecule has 0 spiro atoms. The molecule has 2 aromatic rings. The van der Waals surface area contributed by atoms with Crippen LogP contribution in [0.25, 0.3) is 11.1 Å². The summed E-state index contributed by atoms with van der Waals surface area (Å²) in [4.78, 5) is 26.6. The van der Waals surface area contributed by atoms with Gasteiger partial charge in [0, 0.05) is 17.8 Å². The van der Waals surface area contributed by atoms with Crippen molar-refractivity contribution in [3.63, 3.8) is 0 Å². The van der Waals surface area contributed by atoms with Crippen molar-refractivity contribution >= 4 is 17.6 Å². The van der Waals surface area contributed by atoms with Crippen molar-refractivity contribution in [2.75, 3.05) is 12.8 Å². The molecule has 2 aromatic carbocycles. The summed E-state index contributed by atoms with van der Waals surface area (Å²) in [6.07, 6.45) is 0. The van der Waals surface area contributed by atoms with E-state index in [9.17, 15) is 9.59 Å². The van der Waals surface area contributed by atoms with Gasteiger partial charge in [0.2, 0.25) is 0 Å². The molecule has 5 heteroatoms. The van der Waals surface area contributed by atoms with E-state index in [4.69, 9.17) is 10.5 Å². The number of anilines is 1. The van der Waals surface area contributed by atoms with E-state index in [2.05, 4.69) is 0 Å². The Hall–Kier alpha value is -2.82. The zero-order chi connectivity index (χ0) is 18.1. The number of nitrogens with zero attached hydrogens (tertiary/aromatic N) is 1. The van der Waals surface area contributed by atoms with E-state index >= 15 is 0 Å². The maximum absolute atomic E-state index is 12.9. The lowest BCUT2D eigenvalue weighted by Gasteiger charge is -2.28. The molecule has 1 heterocycles. The van der Waals surface area contributed by atoms with Gasteiger partial charge < -0.3 is 15.4 Å². The molecule has 1 atom stereocenters. The van der Waals surface area contributed by atoms with Gasteiger partial charge in [-0.3, -0.25) is 4.79 Å². The zero-order valence-corrected chi connectivity index (χ0v) is 14.7. The van der Waals surface area contributed by atoms with Crippen LogP contribution in [0, 0.1) is 5.92 Å². The largest absolute Gasteiger partial charge is 0.467 e. The maximum atomic E-state index is 12.9. The fourth-order valence-corrected chi connectivity index (χ4v) is 3.28. The smallest absolute Gasteiger partial charge is 0.328 e. The lowest BCUT2D eigenvalue weighted by molar-refractivity contribution is -0.147. The number of nitrogens with two attached hydrogens (primary N) is 1. The molecule has 0 saturated carbocycles. The molecule has 1 unspecified atom stereocenters. The van der Waals surface area contributed by atoms with Crippen LogP contribution in [0.1, 0.15) is 29.8 Å². The van der Waals surface area contributed by atoms with Crippen molar-refractivity contribution in [3.8, 4) is 11.1 Å². The molecule has 0 aromatic heterocycles. The number of ether oxygens (including phenoxy) is 1. The van der Waals surface area contributed by atoms with Gasteiger partial charge in [-0.15, -0.1) is 0 Å². The highest BCUT2D eigenvalue weighted by Crippen LogP contribution is 2.31. The van der Waals surface area contributed by atoms with Crippen molar-refractivity contribution in [1.82, 2.24) is 4.90 Å². The molecule has 1 aliphatic rings. The number of hydrogen-bond donors (Lipinski definition) is 1. The topological polar surface area (TPSA) is 72.6 Å². The lowest BCUT2D eigenvalue weighted by Crippen LogP contribution is -2.45. The summed E-state index contributed by atoms with van der Waals surface area (Å²) in [5.74, 6) is -0.534. The Bertz CT molecular complexity index is 812. The number of benzene rings is 2. The molecule has 0 radical (unpaired) electrons. The van der Waals surface area contributed by atoms with Crippen LogP contribution in [0.2, 0.25) is 0 Å². The second-order valence-corrected chi connectivity index (χ2v) is 6.64. The van der Waals surface area contributed by atoms with Crippen LogP contribution in [-0.4, -0.2) is 29.9 Å². The fourth-order valence-electron chi connectivity index (χ4n) is 3.28. The SMILES string of the molecule is COC(=O)C(C(C)C)N1Cc2ccc(-c3ccc(N)cc3)cc2C1=O. The number of esters is 1. The highest BCUT2D eigenvalue weighted by atomic mass is 16.5. The second-order valence-electron chi connectivity index (χ2n) is 6.64. The van der Waals surface area contributed by atoms with Crippen LogP contribution in [0.4, 0.5) is 5.69 Å². The minimum Gasteiger partial charge on any atom is -0.467 e. The summed E-state index contributed by atoms with van der Waals surface area (Å²) in [7, 11) is 1.35. The van der Waals surface area contributed by atoms with Gasteiger partial charge in [-0.2, -0.15) is 0 Å². The van der Waals surface area contributed by atoms with Crippen molar-refractivity contribution < 1.29 is 14.3 Å². The van der Waals surface area contributed by atoms with E-state index in [-0.39, 0.29) is 17.8 Å². The van der Waals surface area contributed by atoms with Gasteiger partial charge in [0.25, 0.3) is 5.91 Å². The average molecular weight is 338 g/mol. The van der Waals surface area contributed by atoms with Crippen LogP contribution >= 0.6 is 0 Å². The number of rotatable bonds is 4. The Morgan fingerprint density at radius 3 is 2.36 bits per heavy atom. The molecule has 1 aliphatic heterocycles. The number of carbonyl (C=O) groups excluding carboxylic acids is 2. The van der Waals surface area contributed by atoms with Crippen molar-refractivity contribution in [1.29, 1.82) is 0 Å². The second kappa shape index (κ2) is 6.59. The molecule has 1 amide bonds. The highest BCUT2D eigenvalue weighted by Gasteiger charge is 2.38. The first-order chi connectivity index (χ1) is 11.9. The number of methoxy groups -OCH3 is 1. The Morgan fingerprint density at radius 1 is 1.12 bits per heavy atom. The predicted molar refractivity (Wildman–Crippen MR) is 96.8 cm³/mol. The number of hydrogen-bond acceptors (Lipinski definition) is 4. The summed E-state index contributed by atoms with van der Waals surface area (Å²) in [5.41, 5.74) is 9.95. The average Bonchev–Trinajstić information content (AvgIpc) is 2.91. The number of amides is 1. The Morgan fingerprint density at radius 2 is 1.76 bits per heavy atom. The quantitative estimate of drug-likeness (QED) is 0.687. The Labute approximate surface area is 147 Å². The molecular formula is C20H22N2O3. The third kappa shape index (κ3) is 3.09. The first-order valence-corrected chi connectivity index (χ1v) is 8.30. The Kier molecular flexibility index (Phi) is 4.49. The van der Waals surface area contributed by atoms with Gasteiger partial charge in [0.1, 0.15) is 6.04 Å². The summed E-state index contributed by atoms with van der Waals surface area (Å²) in [5, 5.41) is 0. The van der Waals surface area contributed by atoms with Crippen molar-refractivity contribution in [3.05, 3.63) is 53.6 Å². The summed E-state index contributed by atoms with van der Waals surface area (Å²) in [6, 6.07) is 12.8. The third-order valence-corrected chi connectivity index (χ3v) is 4.60. The van der Waals surface area contributed by atoms with E-state index in [1.807, 2.05) is 56.3 Å². The molecular weight excluding hydrogens is 316 g/mol. The maximum Gasteiger partial charge on any atom is 0.328 e. The van der Waals surface area contributed by atoms with Gasteiger partial charge in [-0.1, -0.05) is 38.1 Å². The Balaban J connectivity index is 1.94. The first kappa shape index (κ1) is 17.0. The van der Waals surface area contributed by atoms with Gasteiger partial charge >= 0.3 is 5.97 Å².